The fourth-order valence-corrected chi connectivity index (χ4v) is 2.44. The second-order valence-corrected chi connectivity index (χ2v) is 5.68. The van der Waals surface area contributed by atoms with Crippen molar-refractivity contribution in [3.63, 3.8) is 0 Å². The highest BCUT2D eigenvalue weighted by atomic mass is 35.5. The molecular formula is C18H13ClFN5O. The van der Waals surface area contributed by atoms with Crippen molar-refractivity contribution in [3.8, 4) is 11.1 Å². The van der Waals surface area contributed by atoms with Gasteiger partial charge in [0.1, 0.15) is 5.82 Å². The predicted molar refractivity (Wildman–Crippen MR) is 98.6 cm³/mol. The first-order valence-corrected chi connectivity index (χ1v) is 7.82. The highest BCUT2D eigenvalue weighted by molar-refractivity contribution is 6.31. The first kappa shape index (κ1) is 17.5. The molecule has 0 saturated carbocycles. The van der Waals surface area contributed by atoms with E-state index in [0.717, 1.165) is 0 Å². The summed E-state index contributed by atoms with van der Waals surface area (Å²) in [5, 5.41) is 2.93. The van der Waals surface area contributed by atoms with E-state index in [1.807, 2.05) is 0 Å². The van der Waals surface area contributed by atoms with Crippen LogP contribution >= 0.6 is 11.6 Å². The van der Waals surface area contributed by atoms with Gasteiger partial charge in [0.15, 0.2) is 0 Å². The number of benzene rings is 1. The first-order valence-electron chi connectivity index (χ1n) is 7.44. The molecular weight excluding hydrogens is 357 g/mol. The number of halogens is 2. The zero-order valence-electron chi connectivity index (χ0n) is 13.4. The van der Waals surface area contributed by atoms with Crippen molar-refractivity contribution in [1.29, 1.82) is 0 Å². The fourth-order valence-electron chi connectivity index (χ4n) is 2.26. The van der Waals surface area contributed by atoms with Gasteiger partial charge in [-0.3, -0.25) is 9.78 Å². The molecule has 1 aromatic carbocycles. The van der Waals surface area contributed by atoms with Crippen LogP contribution in [0.15, 0.2) is 49.4 Å². The second kappa shape index (κ2) is 7.28. The maximum Gasteiger partial charge on any atom is 0.250 e. The third-order valence-electron chi connectivity index (χ3n) is 3.52. The van der Waals surface area contributed by atoms with Crippen LogP contribution in [0.25, 0.3) is 17.2 Å². The van der Waals surface area contributed by atoms with E-state index in [4.69, 9.17) is 17.3 Å². The zero-order valence-corrected chi connectivity index (χ0v) is 14.2. The lowest BCUT2D eigenvalue weighted by molar-refractivity contribution is 0.1000. The van der Waals surface area contributed by atoms with Crippen LogP contribution in [0.4, 0.5) is 16.0 Å². The molecule has 2 aromatic heterocycles. The Morgan fingerprint density at radius 2 is 2.08 bits per heavy atom. The van der Waals surface area contributed by atoms with Gasteiger partial charge in [0.05, 0.1) is 16.3 Å². The Hall–Kier alpha value is -3.32. The Kier molecular flexibility index (Phi) is 4.90. The van der Waals surface area contributed by atoms with Crippen LogP contribution in [0.3, 0.4) is 0 Å². The number of hydrogen-bond donors (Lipinski definition) is 2. The van der Waals surface area contributed by atoms with Crippen molar-refractivity contribution < 1.29 is 9.18 Å². The van der Waals surface area contributed by atoms with Crippen LogP contribution in [0.5, 0.6) is 0 Å². The van der Waals surface area contributed by atoms with Crippen LogP contribution in [0.1, 0.15) is 16.1 Å². The second-order valence-electron chi connectivity index (χ2n) is 5.28. The van der Waals surface area contributed by atoms with Crippen molar-refractivity contribution in [2.45, 2.75) is 0 Å². The highest BCUT2D eigenvalue weighted by Crippen LogP contribution is 2.26. The summed E-state index contributed by atoms with van der Waals surface area (Å²) in [6.45, 7) is 3.75. The quantitative estimate of drug-likeness (QED) is 0.713. The normalized spacial score (nSPS) is 10.4. The molecule has 0 aliphatic carbocycles. The number of anilines is 2. The lowest BCUT2D eigenvalue weighted by Crippen LogP contribution is -2.11. The van der Waals surface area contributed by atoms with Gasteiger partial charge in [0.2, 0.25) is 11.9 Å². The molecule has 0 bridgehead atoms. The number of nitrogens with one attached hydrogen (secondary N) is 1. The van der Waals surface area contributed by atoms with E-state index in [2.05, 4.69) is 26.8 Å². The summed E-state index contributed by atoms with van der Waals surface area (Å²) >= 11 is 5.77. The molecule has 3 rings (SSSR count). The van der Waals surface area contributed by atoms with Crippen LogP contribution in [-0.4, -0.2) is 20.9 Å². The minimum Gasteiger partial charge on any atom is -0.366 e. The summed E-state index contributed by atoms with van der Waals surface area (Å²) in [7, 11) is 0. The standard InChI is InChI=1S/C18H13ClFN5O/c1-2-16-13(10-5-11(17(21)26)8-22-7-10)9-23-18(25-16)24-12-3-4-15(20)14(19)6-12/h2-9H,1H2,(H2,21,26)(H,23,24,25). The Morgan fingerprint density at radius 3 is 2.77 bits per heavy atom. The molecule has 26 heavy (non-hydrogen) atoms. The lowest BCUT2D eigenvalue weighted by Gasteiger charge is -2.10. The van der Waals surface area contributed by atoms with E-state index >= 15 is 0 Å². The number of primary amides is 1. The number of amides is 1. The van der Waals surface area contributed by atoms with Crippen LogP contribution in [-0.2, 0) is 0 Å². The van der Waals surface area contributed by atoms with Crippen molar-refractivity contribution in [2.24, 2.45) is 5.73 Å². The Labute approximate surface area is 153 Å². The van der Waals surface area contributed by atoms with Crippen molar-refractivity contribution in [1.82, 2.24) is 15.0 Å². The number of hydrogen-bond acceptors (Lipinski definition) is 5. The van der Waals surface area contributed by atoms with Gasteiger partial charge in [0.25, 0.3) is 0 Å². The Balaban J connectivity index is 1.95. The summed E-state index contributed by atoms with van der Waals surface area (Å²) in [4.78, 5) is 23.9. The topological polar surface area (TPSA) is 93.8 Å². The number of aromatic nitrogens is 3. The molecule has 0 saturated heterocycles. The molecule has 0 atom stereocenters. The van der Waals surface area contributed by atoms with E-state index in [0.29, 0.717) is 22.5 Å². The zero-order chi connectivity index (χ0) is 18.7. The third kappa shape index (κ3) is 3.68. The monoisotopic (exact) mass is 369 g/mol. The predicted octanol–water partition coefficient (Wildman–Crippen LogP) is 3.82. The summed E-state index contributed by atoms with van der Waals surface area (Å²) in [5.41, 5.74) is 7.90. The van der Waals surface area contributed by atoms with Crippen LogP contribution in [0.2, 0.25) is 5.02 Å². The highest BCUT2D eigenvalue weighted by Gasteiger charge is 2.11. The summed E-state index contributed by atoms with van der Waals surface area (Å²) in [6, 6.07) is 5.80. The molecule has 8 heteroatoms. The molecule has 1 amide bonds. The number of nitrogens with zero attached hydrogens (tertiary/aromatic N) is 3. The number of carbonyl (C=O) groups excluding carboxylic acids is 1. The van der Waals surface area contributed by atoms with Crippen LogP contribution in [0, 0.1) is 5.82 Å². The molecule has 3 aromatic rings. The Morgan fingerprint density at radius 1 is 1.27 bits per heavy atom. The molecule has 0 aliphatic heterocycles. The van der Waals surface area contributed by atoms with Crippen molar-refractivity contribution >= 4 is 35.2 Å². The van der Waals surface area contributed by atoms with Crippen molar-refractivity contribution in [2.75, 3.05) is 5.32 Å². The average Bonchev–Trinajstić information content (AvgIpc) is 2.64. The maximum atomic E-state index is 13.2. The van der Waals surface area contributed by atoms with E-state index in [9.17, 15) is 9.18 Å². The van der Waals surface area contributed by atoms with E-state index in [-0.39, 0.29) is 16.5 Å². The molecule has 0 unspecified atom stereocenters. The van der Waals surface area contributed by atoms with Crippen molar-refractivity contribution in [3.05, 3.63) is 71.5 Å². The molecule has 3 N–H and O–H groups in total. The SMILES string of the molecule is C=Cc1nc(Nc2ccc(F)c(Cl)c2)ncc1-c1cncc(C(N)=O)c1. The van der Waals surface area contributed by atoms with Gasteiger partial charge >= 0.3 is 0 Å². The molecule has 6 nitrogen and oxygen atoms in total. The first-order chi connectivity index (χ1) is 12.5. The largest absolute Gasteiger partial charge is 0.366 e. The molecule has 0 fully saturated rings. The maximum absolute atomic E-state index is 13.2. The van der Waals surface area contributed by atoms with Gasteiger partial charge < -0.3 is 11.1 Å². The molecule has 2 heterocycles. The molecule has 0 radical (unpaired) electrons. The summed E-state index contributed by atoms with van der Waals surface area (Å²) in [5.74, 6) is -0.806. The molecule has 130 valence electrons. The van der Waals surface area contributed by atoms with Gasteiger partial charge in [0, 0.05) is 35.4 Å². The third-order valence-corrected chi connectivity index (χ3v) is 3.81. The minimum atomic E-state index is -0.577. The molecule has 0 aliphatic rings. The summed E-state index contributed by atoms with van der Waals surface area (Å²) < 4.78 is 13.2. The van der Waals surface area contributed by atoms with Gasteiger partial charge in [-0.1, -0.05) is 18.2 Å². The fraction of sp³-hybridized carbons (Fsp3) is 0. The lowest BCUT2D eigenvalue weighted by atomic mass is 10.1. The number of pyridine rings is 1. The van der Waals surface area contributed by atoms with Crippen LogP contribution < -0.4 is 11.1 Å². The molecule has 0 spiro atoms. The van der Waals surface area contributed by atoms with Gasteiger partial charge in [-0.05, 0) is 30.3 Å². The van der Waals surface area contributed by atoms with E-state index < -0.39 is 11.7 Å². The van der Waals surface area contributed by atoms with E-state index in [1.54, 1.807) is 24.5 Å². The van der Waals surface area contributed by atoms with E-state index in [1.165, 1.54) is 24.4 Å². The van der Waals surface area contributed by atoms with Gasteiger partial charge in [-0.25, -0.2) is 14.4 Å². The van der Waals surface area contributed by atoms with Gasteiger partial charge in [-0.2, -0.15) is 0 Å². The number of nitrogens with two attached hydrogens (primary N) is 1. The van der Waals surface area contributed by atoms with Gasteiger partial charge in [-0.15, -0.1) is 0 Å². The smallest absolute Gasteiger partial charge is 0.250 e. The average molecular weight is 370 g/mol. The minimum absolute atomic E-state index is 0.00935. The Bertz CT molecular complexity index is 1010. The number of rotatable bonds is 5. The summed E-state index contributed by atoms with van der Waals surface area (Å²) in [6.07, 6.45) is 6.08. The number of carbonyl (C=O) groups is 1.